The molecule has 42 heavy (non-hydrogen) atoms. The summed E-state index contributed by atoms with van der Waals surface area (Å²) >= 11 is 0. The van der Waals surface area contributed by atoms with Crippen molar-refractivity contribution < 1.29 is 9.90 Å². The summed E-state index contributed by atoms with van der Waals surface area (Å²) in [7, 11) is 3.92. The number of hydrogen-bond acceptors (Lipinski definition) is 7. The Hall–Kier alpha value is -4.99. The van der Waals surface area contributed by atoms with Gasteiger partial charge in [-0.05, 0) is 80.7 Å². The maximum Gasteiger partial charge on any atom is 0.255 e. The van der Waals surface area contributed by atoms with Gasteiger partial charge in [-0.15, -0.1) is 0 Å². The zero-order valence-corrected chi connectivity index (χ0v) is 23.9. The topological polar surface area (TPSA) is 118 Å². The zero-order chi connectivity index (χ0) is 29.5. The third-order valence-corrected chi connectivity index (χ3v) is 6.72. The van der Waals surface area contributed by atoms with E-state index in [2.05, 4.69) is 38.9 Å². The molecule has 0 aliphatic carbocycles. The second-order valence-electron chi connectivity index (χ2n) is 10.2. The number of nitrogens with zero attached hydrogens (tertiary/aromatic N) is 3. The summed E-state index contributed by atoms with van der Waals surface area (Å²) in [5.74, 6) is 0.230. The molecule has 1 amide bonds. The van der Waals surface area contributed by atoms with Gasteiger partial charge < -0.3 is 30.9 Å². The minimum absolute atomic E-state index is 0.240. The number of aliphatic hydroxyl groups is 1. The fraction of sp³-hybridized carbons (Fsp3) is 0.182. The highest BCUT2D eigenvalue weighted by Gasteiger charge is 2.14. The van der Waals surface area contributed by atoms with Crippen molar-refractivity contribution in [2.45, 2.75) is 19.6 Å². The zero-order valence-electron chi connectivity index (χ0n) is 23.9. The van der Waals surface area contributed by atoms with Gasteiger partial charge >= 0.3 is 0 Å². The molecule has 5 N–H and O–H groups in total. The number of aryl methyl sites for hydroxylation is 1. The average Bonchev–Trinajstić information content (AvgIpc) is 3.41. The first-order chi connectivity index (χ1) is 20.4. The van der Waals surface area contributed by atoms with Crippen molar-refractivity contribution in [1.82, 2.24) is 19.9 Å². The Morgan fingerprint density at radius 2 is 1.81 bits per heavy atom. The normalized spacial score (nSPS) is 12.1. The summed E-state index contributed by atoms with van der Waals surface area (Å²) in [6.07, 6.45) is 7.41. The largest absolute Gasteiger partial charge is 0.370 e. The van der Waals surface area contributed by atoms with Crippen molar-refractivity contribution in [3.05, 3.63) is 108 Å². The first-order valence-corrected chi connectivity index (χ1v) is 13.9. The fourth-order valence-electron chi connectivity index (χ4n) is 4.57. The Bertz CT molecular complexity index is 1690. The van der Waals surface area contributed by atoms with Crippen LogP contribution < -0.4 is 16.0 Å². The number of benzene rings is 3. The van der Waals surface area contributed by atoms with Crippen LogP contribution in [0.5, 0.6) is 0 Å². The van der Waals surface area contributed by atoms with Crippen molar-refractivity contribution in [3.63, 3.8) is 0 Å². The highest BCUT2D eigenvalue weighted by molar-refractivity contribution is 6.04. The van der Waals surface area contributed by atoms with Crippen LogP contribution in [0.15, 0.2) is 97.3 Å². The highest BCUT2D eigenvalue weighted by atomic mass is 16.3. The van der Waals surface area contributed by atoms with Crippen LogP contribution in [0.25, 0.3) is 22.2 Å². The summed E-state index contributed by atoms with van der Waals surface area (Å²) in [5.41, 5.74) is 6.62. The van der Waals surface area contributed by atoms with Gasteiger partial charge in [-0.2, -0.15) is 0 Å². The van der Waals surface area contributed by atoms with Crippen LogP contribution in [-0.4, -0.2) is 57.7 Å². The second kappa shape index (κ2) is 13.1. The van der Waals surface area contributed by atoms with Crippen LogP contribution in [0.3, 0.4) is 0 Å². The smallest absolute Gasteiger partial charge is 0.255 e. The van der Waals surface area contributed by atoms with Crippen LogP contribution in [0.2, 0.25) is 0 Å². The van der Waals surface area contributed by atoms with Gasteiger partial charge in [-0.3, -0.25) is 4.79 Å². The molecule has 0 fully saturated rings. The highest BCUT2D eigenvalue weighted by Crippen LogP contribution is 2.31. The SMILES string of the molecule is CCc1cnc(Nc2cccc(NC(=O)c3ccc(NC(O)C=CCN(C)C)cc3)c2)nc1-c1c[nH]c2ccccc12. The van der Waals surface area contributed by atoms with Crippen molar-refractivity contribution >= 4 is 39.8 Å². The predicted molar refractivity (Wildman–Crippen MR) is 170 cm³/mol. The van der Waals surface area contributed by atoms with Crippen molar-refractivity contribution in [2.75, 3.05) is 36.6 Å². The summed E-state index contributed by atoms with van der Waals surface area (Å²) < 4.78 is 0. The maximum absolute atomic E-state index is 12.9. The lowest BCUT2D eigenvalue weighted by atomic mass is 10.0. The van der Waals surface area contributed by atoms with E-state index in [1.54, 1.807) is 30.3 Å². The van der Waals surface area contributed by atoms with E-state index in [0.717, 1.165) is 46.4 Å². The van der Waals surface area contributed by atoms with E-state index in [4.69, 9.17) is 4.98 Å². The number of hydrogen-bond donors (Lipinski definition) is 5. The number of likely N-dealkylation sites (N-methyl/N-ethyl adjacent to an activating group) is 1. The lowest BCUT2D eigenvalue weighted by Gasteiger charge is -2.12. The third kappa shape index (κ3) is 7.01. The number of aromatic amines is 1. The molecular weight excluding hydrogens is 526 g/mol. The molecule has 2 heterocycles. The Morgan fingerprint density at radius 3 is 2.60 bits per heavy atom. The Labute approximate surface area is 245 Å². The van der Waals surface area contributed by atoms with Crippen LogP contribution >= 0.6 is 0 Å². The Kier molecular flexibility index (Phi) is 8.91. The first-order valence-electron chi connectivity index (χ1n) is 13.9. The number of fused-ring (bicyclic) bond motifs is 1. The van der Waals surface area contributed by atoms with Crippen LogP contribution in [-0.2, 0) is 6.42 Å². The molecule has 3 aromatic carbocycles. The fourth-order valence-corrected chi connectivity index (χ4v) is 4.57. The van der Waals surface area contributed by atoms with Crippen LogP contribution in [0.1, 0.15) is 22.8 Å². The maximum atomic E-state index is 12.9. The number of carbonyl (C=O) groups excluding carboxylic acids is 1. The number of rotatable bonds is 11. The number of aromatic nitrogens is 3. The van der Waals surface area contributed by atoms with Crippen LogP contribution in [0.4, 0.5) is 23.0 Å². The van der Waals surface area contributed by atoms with Gasteiger partial charge in [0.25, 0.3) is 5.91 Å². The lowest BCUT2D eigenvalue weighted by Crippen LogP contribution is -2.17. The Morgan fingerprint density at radius 1 is 1.02 bits per heavy atom. The first kappa shape index (κ1) is 28.5. The van der Waals surface area contributed by atoms with Gasteiger partial charge in [0, 0.05) is 58.0 Å². The van der Waals surface area contributed by atoms with E-state index in [1.165, 1.54) is 0 Å². The molecule has 0 saturated heterocycles. The molecule has 0 saturated carbocycles. The molecule has 1 unspecified atom stereocenters. The summed E-state index contributed by atoms with van der Waals surface area (Å²) in [6, 6.07) is 22.5. The quantitative estimate of drug-likeness (QED) is 0.0987. The number of anilines is 4. The summed E-state index contributed by atoms with van der Waals surface area (Å²) in [6.45, 7) is 2.83. The van der Waals surface area contributed by atoms with Gasteiger partial charge in [0.15, 0.2) is 0 Å². The minimum Gasteiger partial charge on any atom is -0.370 e. The molecule has 0 aliphatic rings. The number of amides is 1. The molecule has 9 heteroatoms. The van der Waals surface area contributed by atoms with Crippen molar-refractivity contribution in [3.8, 4) is 11.3 Å². The minimum atomic E-state index is -0.819. The molecular formula is C33H35N7O2. The van der Waals surface area contributed by atoms with E-state index in [-0.39, 0.29) is 5.91 Å². The van der Waals surface area contributed by atoms with Gasteiger partial charge in [-0.25, -0.2) is 9.97 Å². The lowest BCUT2D eigenvalue weighted by molar-refractivity contribution is 0.102. The average molecular weight is 562 g/mol. The molecule has 0 aliphatic heterocycles. The van der Waals surface area contributed by atoms with E-state index in [0.29, 0.717) is 22.9 Å². The number of H-pyrrole nitrogens is 1. The number of carbonyl (C=O) groups is 1. The van der Waals surface area contributed by atoms with E-state index in [1.807, 2.05) is 79.9 Å². The molecule has 5 rings (SSSR count). The molecule has 9 nitrogen and oxygen atoms in total. The molecule has 214 valence electrons. The van der Waals surface area contributed by atoms with Crippen LogP contribution in [0, 0.1) is 0 Å². The van der Waals surface area contributed by atoms with Gasteiger partial charge in [0.05, 0.1) is 5.69 Å². The standard InChI is InChI=1S/C33H35N7O2/c1-4-22-20-35-33(39-31(22)28-21-34-29-12-6-5-11-27(28)29)38-26-10-7-9-25(19-26)37-32(42)23-14-16-24(17-15-23)36-30(41)13-8-18-40(2)3/h5-17,19-21,30,34,36,41H,4,18H2,1-3H3,(H,37,42)(H,35,38,39). The second-order valence-corrected chi connectivity index (χ2v) is 10.2. The third-order valence-electron chi connectivity index (χ3n) is 6.72. The molecule has 1 atom stereocenters. The van der Waals surface area contributed by atoms with Gasteiger partial charge in [-0.1, -0.05) is 37.3 Å². The Balaban J connectivity index is 1.25. The molecule has 0 radical (unpaired) electrons. The number of nitrogens with one attached hydrogen (secondary N) is 4. The van der Waals surface area contributed by atoms with E-state index in [9.17, 15) is 9.90 Å². The summed E-state index contributed by atoms with van der Waals surface area (Å²) in [4.78, 5) is 27.7. The molecule has 5 aromatic rings. The number of para-hydroxylation sites is 1. The van der Waals surface area contributed by atoms with E-state index >= 15 is 0 Å². The molecule has 0 spiro atoms. The monoisotopic (exact) mass is 561 g/mol. The predicted octanol–water partition coefficient (Wildman–Crippen LogP) is 6.03. The van der Waals surface area contributed by atoms with Crippen molar-refractivity contribution in [2.24, 2.45) is 0 Å². The van der Waals surface area contributed by atoms with Crippen molar-refractivity contribution in [1.29, 1.82) is 0 Å². The van der Waals surface area contributed by atoms with E-state index < -0.39 is 6.23 Å². The molecule has 0 bridgehead atoms. The summed E-state index contributed by atoms with van der Waals surface area (Å²) in [5, 5.41) is 20.5. The van der Waals surface area contributed by atoms with Gasteiger partial charge in [0.2, 0.25) is 5.95 Å². The van der Waals surface area contributed by atoms with Gasteiger partial charge in [0.1, 0.15) is 6.23 Å². The number of aliphatic hydroxyl groups excluding tert-OH is 1. The molecule has 2 aromatic heterocycles.